The van der Waals surface area contributed by atoms with Gasteiger partial charge >= 0.3 is 0 Å². The van der Waals surface area contributed by atoms with Gasteiger partial charge in [0, 0.05) is 32.7 Å². The van der Waals surface area contributed by atoms with Crippen LogP contribution in [0.4, 0.5) is 0 Å². The fourth-order valence-corrected chi connectivity index (χ4v) is 4.09. The number of carbonyl (C=O) groups is 1. The minimum absolute atomic E-state index is 0.143. The molecule has 1 aliphatic rings. The predicted molar refractivity (Wildman–Crippen MR) is 112 cm³/mol. The lowest BCUT2D eigenvalue weighted by Gasteiger charge is -2.35. The van der Waals surface area contributed by atoms with Crippen LogP contribution in [0.1, 0.15) is 11.5 Å². The smallest absolute Gasteiger partial charge is 0.241 e. The van der Waals surface area contributed by atoms with Crippen molar-refractivity contribution in [3.05, 3.63) is 59.3 Å². The normalized spacial score (nSPS) is 15.2. The predicted octanol–water partition coefficient (Wildman–Crippen LogP) is 2.57. The molecule has 152 valence electrons. The molecule has 1 aromatic carbocycles. The van der Waals surface area contributed by atoms with Gasteiger partial charge in [0.05, 0.1) is 18.0 Å². The Kier molecular flexibility index (Phi) is 6.33. The fraction of sp³-hybridized carbons (Fsp3) is 0.381. The van der Waals surface area contributed by atoms with E-state index in [1.54, 1.807) is 11.3 Å². The third-order valence-corrected chi connectivity index (χ3v) is 5.86. The number of nitrogens with zero attached hydrogens (tertiary/aromatic N) is 5. The van der Waals surface area contributed by atoms with Gasteiger partial charge in [-0.05, 0) is 24.1 Å². The second-order valence-electron chi connectivity index (χ2n) is 7.30. The lowest BCUT2D eigenvalue weighted by atomic mass is 10.2. The van der Waals surface area contributed by atoms with Gasteiger partial charge in [0.2, 0.25) is 17.6 Å². The second kappa shape index (κ2) is 9.30. The molecule has 3 heterocycles. The minimum atomic E-state index is 0.143. The Balaban J connectivity index is 1.22. The number of hydrogen-bond donors (Lipinski definition) is 0. The maximum absolute atomic E-state index is 12.7. The molecule has 0 bridgehead atoms. The number of amides is 1. The van der Waals surface area contributed by atoms with E-state index in [0.717, 1.165) is 37.6 Å². The summed E-state index contributed by atoms with van der Waals surface area (Å²) < 4.78 is 5.33. The zero-order valence-electron chi connectivity index (χ0n) is 16.5. The van der Waals surface area contributed by atoms with Gasteiger partial charge in [0.15, 0.2) is 0 Å². The van der Waals surface area contributed by atoms with Crippen molar-refractivity contribution in [3.8, 4) is 10.7 Å². The van der Waals surface area contributed by atoms with Crippen molar-refractivity contribution >= 4 is 17.2 Å². The zero-order chi connectivity index (χ0) is 20.1. The molecule has 3 aromatic rings. The Hall–Kier alpha value is -2.55. The van der Waals surface area contributed by atoms with Crippen molar-refractivity contribution in [2.24, 2.45) is 0 Å². The summed E-state index contributed by atoms with van der Waals surface area (Å²) in [5, 5.41) is 6.00. The average Bonchev–Trinajstić information content (AvgIpc) is 3.41. The van der Waals surface area contributed by atoms with E-state index in [1.807, 2.05) is 40.4 Å². The van der Waals surface area contributed by atoms with Gasteiger partial charge in [-0.25, -0.2) is 0 Å². The van der Waals surface area contributed by atoms with Crippen molar-refractivity contribution in [3.63, 3.8) is 0 Å². The van der Waals surface area contributed by atoms with E-state index >= 15 is 0 Å². The van der Waals surface area contributed by atoms with E-state index in [1.165, 1.54) is 5.56 Å². The summed E-state index contributed by atoms with van der Waals surface area (Å²) in [5.74, 6) is 1.27. The van der Waals surface area contributed by atoms with E-state index < -0.39 is 0 Å². The summed E-state index contributed by atoms with van der Waals surface area (Å²) in [4.78, 5) is 24.3. The van der Waals surface area contributed by atoms with Crippen molar-refractivity contribution in [1.82, 2.24) is 24.8 Å². The first kappa shape index (κ1) is 19.8. The maximum atomic E-state index is 12.7. The second-order valence-corrected chi connectivity index (χ2v) is 8.25. The molecule has 0 N–H and O–H groups in total. The summed E-state index contributed by atoms with van der Waals surface area (Å²) in [6.07, 6.45) is 0. The lowest BCUT2D eigenvalue weighted by molar-refractivity contribution is -0.134. The van der Waals surface area contributed by atoms with E-state index in [0.29, 0.717) is 24.8 Å². The van der Waals surface area contributed by atoms with Crippen molar-refractivity contribution in [2.75, 3.05) is 39.8 Å². The molecule has 0 unspecified atom stereocenters. The molecule has 1 fully saturated rings. The molecule has 29 heavy (non-hydrogen) atoms. The highest BCUT2D eigenvalue weighted by molar-refractivity contribution is 7.13. The van der Waals surface area contributed by atoms with Crippen molar-refractivity contribution in [1.29, 1.82) is 0 Å². The molecule has 0 radical (unpaired) electrons. The molecule has 1 amide bonds. The Morgan fingerprint density at radius 1 is 1.14 bits per heavy atom. The molecule has 0 saturated carbocycles. The largest absolute Gasteiger partial charge is 0.339 e. The third kappa shape index (κ3) is 5.29. The molecule has 7 nitrogen and oxygen atoms in total. The highest BCUT2D eigenvalue weighted by Gasteiger charge is 2.22. The van der Waals surface area contributed by atoms with Gasteiger partial charge in [0.1, 0.15) is 0 Å². The van der Waals surface area contributed by atoms with Gasteiger partial charge in [-0.3, -0.25) is 14.6 Å². The molecule has 0 atom stereocenters. The fourth-order valence-electron chi connectivity index (χ4n) is 3.44. The highest BCUT2D eigenvalue weighted by Crippen LogP contribution is 2.21. The van der Waals surface area contributed by atoms with Crippen LogP contribution in [-0.4, -0.2) is 70.5 Å². The number of benzene rings is 1. The van der Waals surface area contributed by atoms with Crippen LogP contribution in [0.2, 0.25) is 0 Å². The molecule has 0 aliphatic carbocycles. The van der Waals surface area contributed by atoms with E-state index in [4.69, 9.17) is 4.52 Å². The molecule has 1 saturated heterocycles. The van der Waals surface area contributed by atoms with Crippen LogP contribution in [-0.2, 0) is 17.9 Å². The van der Waals surface area contributed by atoms with Crippen molar-refractivity contribution < 1.29 is 9.32 Å². The summed E-state index contributed by atoms with van der Waals surface area (Å²) in [6, 6.07) is 14.4. The number of hydrogen-bond acceptors (Lipinski definition) is 7. The van der Waals surface area contributed by atoms with E-state index in [-0.39, 0.29) is 5.91 Å². The van der Waals surface area contributed by atoms with Gasteiger partial charge in [0.25, 0.3) is 0 Å². The number of thiophene rings is 1. The minimum Gasteiger partial charge on any atom is -0.339 e. The highest BCUT2D eigenvalue weighted by atomic mass is 32.1. The number of rotatable bonds is 7. The van der Waals surface area contributed by atoms with E-state index in [9.17, 15) is 4.79 Å². The molecule has 2 aromatic heterocycles. The van der Waals surface area contributed by atoms with E-state index in [2.05, 4.69) is 39.3 Å². The van der Waals surface area contributed by atoms with Gasteiger partial charge in [-0.1, -0.05) is 41.6 Å². The SMILES string of the molecule is CN(CC(=O)N1CCN(Cc2ccccc2)CC1)Cc1nc(-c2cccs2)no1. The Morgan fingerprint density at radius 2 is 1.93 bits per heavy atom. The molecule has 1 aliphatic heterocycles. The van der Waals surface area contributed by atoms with Crippen molar-refractivity contribution in [2.45, 2.75) is 13.1 Å². The van der Waals surface area contributed by atoms with Crippen LogP contribution in [0.15, 0.2) is 52.4 Å². The average molecular weight is 412 g/mol. The first-order valence-electron chi connectivity index (χ1n) is 9.76. The summed E-state index contributed by atoms with van der Waals surface area (Å²) >= 11 is 1.57. The van der Waals surface area contributed by atoms with Crippen LogP contribution in [0.25, 0.3) is 10.7 Å². The standard InChI is InChI=1S/C21H25N5O2S/c1-24(15-19-22-21(23-28-19)18-8-5-13-29-18)16-20(27)26-11-9-25(10-12-26)14-17-6-3-2-4-7-17/h2-8,13H,9-12,14-16H2,1H3. The Labute approximate surface area is 174 Å². The lowest BCUT2D eigenvalue weighted by Crippen LogP contribution is -2.50. The van der Waals surface area contributed by atoms with Crippen LogP contribution >= 0.6 is 11.3 Å². The number of carbonyl (C=O) groups excluding carboxylic acids is 1. The maximum Gasteiger partial charge on any atom is 0.241 e. The molecular formula is C21H25N5O2S. The van der Waals surface area contributed by atoms with Gasteiger partial charge < -0.3 is 9.42 Å². The number of piperazine rings is 1. The third-order valence-electron chi connectivity index (χ3n) is 4.99. The molecule has 4 rings (SSSR count). The van der Waals surface area contributed by atoms with Crippen LogP contribution in [0, 0.1) is 0 Å². The quantitative estimate of drug-likeness (QED) is 0.595. The molecular weight excluding hydrogens is 386 g/mol. The Bertz CT molecular complexity index is 904. The first-order chi connectivity index (χ1) is 14.2. The van der Waals surface area contributed by atoms with Crippen LogP contribution in [0.3, 0.4) is 0 Å². The molecule has 8 heteroatoms. The topological polar surface area (TPSA) is 65.7 Å². The summed E-state index contributed by atoms with van der Waals surface area (Å²) in [7, 11) is 1.90. The molecule has 0 spiro atoms. The Morgan fingerprint density at radius 3 is 2.66 bits per heavy atom. The van der Waals surface area contributed by atoms with Crippen LogP contribution < -0.4 is 0 Å². The summed E-state index contributed by atoms with van der Waals surface area (Å²) in [6.45, 7) is 5.07. The van der Waals surface area contributed by atoms with Crippen LogP contribution in [0.5, 0.6) is 0 Å². The monoisotopic (exact) mass is 411 g/mol. The first-order valence-corrected chi connectivity index (χ1v) is 10.6. The number of aromatic nitrogens is 2. The number of likely N-dealkylation sites (N-methyl/N-ethyl adjacent to an activating group) is 1. The zero-order valence-corrected chi connectivity index (χ0v) is 17.3. The summed E-state index contributed by atoms with van der Waals surface area (Å²) in [5.41, 5.74) is 1.31. The van der Waals surface area contributed by atoms with Gasteiger partial charge in [-0.15, -0.1) is 11.3 Å². The van der Waals surface area contributed by atoms with Gasteiger partial charge in [-0.2, -0.15) is 4.98 Å².